The lowest BCUT2D eigenvalue weighted by molar-refractivity contribution is 0.0946. The molecule has 5 nitrogen and oxygen atoms in total. The predicted octanol–water partition coefficient (Wildman–Crippen LogP) is 2.11. The Hall–Kier alpha value is -2.54. The number of hydrogen-bond donors (Lipinski definition) is 1. The third-order valence-electron chi connectivity index (χ3n) is 3.47. The molecule has 1 aromatic carbocycles. The van der Waals surface area contributed by atoms with Crippen molar-refractivity contribution in [3.63, 3.8) is 0 Å². The zero-order valence-corrected chi connectivity index (χ0v) is 13.2. The number of aromatic nitrogens is 2. The number of thiophene rings is 1. The van der Waals surface area contributed by atoms with Gasteiger partial charge < -0.3 is 5.32 Å². The Labute approximate surface area is 135 Å². The first-order valence-corrected chi connectivity index (χ1v) is 7.91. The van der Waals surface area contributed by atoms with Crippen LogP contribution in [0.2, 0.25) is 0 Å². The smallest absolute Gasteiger partial charge is 0.275 e. The number of carbonyl (C=O) groups excluding carboxylic acids is 1. The summed E-state index contributed by atoms with van der Waals surface area (Å²) in [5.74, 6) is -1.07. The summed E-state index contributed by atoms with van der Waals surface area (Å²) in [6.07, 6.45) is 0.686. The third-order valence-corrected chi connectivity index (χ3v) is 4.41. The van der Waals surface area contributed by atoms with Gasteiger partial charge in [0.1, 0.15) is 5.82 Å². The average molecular weight is 331 g/mol. The lowest BCUT2D eigenvalue weighted by atomic mass is 10.2. The van der Waals surface area contributed by atoms with Gasteiger partial charge in [-0.3, -0.25) is 14.3 Å². The van der Waals surface area contributed by atoms with E-state index in [9.17, 15) is 14.0 Å². The Balaban J connectivity index is 1.85. The Kier molecular flexibility index (Phi) is 4.20. The first kappa shape index (κ1) is 15.4. The topological polar surface area (TPSA) is 64.0 Å². The summed E-state index contributed by atoms with van der Waals surface area (Å²) >= 11 is 1.61. The van der Waals surface area contributed by atoms with Crippen LogP contribution in [-0.4, -0.2) is 22.2 Å². The zero-order chi connectivity index (χ0) is 16.4. The van der Waals surface area contributed by atoms with E-state index in [0.717, 1.165) is 10.9 Å². The number of amides is 1. The van der Waals surface area contributed by atoms with E-state index >= 15 is 0 Å². The molecule has 3 rings (SSSR count). The molecule has 0 unspecified atom stereocenters. The van der Waals surface area contributed by atoms with Gasteiger partial charge in [0.05, 0.1) is 10.9 Å². The fourth-order valence-corrected chi connectivity index (χ4v) is 3.04. The molecule has 0 fully saturated rings. The molecule has 0 saturated heterocycles. The molecule has 0 radical (unpaired) electrons. The summed E-state index contributed by atoms with van der Waals surface area (Å²) in [5, 5.41) is 8.81. The number of benzene rings is 1. The largest absolute Gasteiger partial charge is 0.350 e. The molecular formula is C16H14FN3O2S. The molecule has 0 aliphatic carbocycles. The minimum atomic E-state index is -0.564. The molecule has 0 atom stereocenters. The summed E-state index contributed by atoms with van der Waals surface area (Å²) in [5.41, 5.74) is -0.311. The van der Waals surface area contributed by atoms with E-state index in [2.05, 4.69) is 10.4 Å². The molecule has 0 saturated carbocycles. The summed E-state index contributed by atoms with van der Waals surface area (Å²) in [7, 11) is 1.61. The van der Waals surface area contributed by atoms with Gasteiger partial charge in [-0.15, -0.1) is 11.3 Å². The molecule has 1 amide bonds. The maximum Gasteiger partial charge on any atom is 0.275 e. The number of nitrogens with zero attached hydrogens (tertiary/aromatic N) is 2. The van der Waals surface area contributed by atoms with Crippen molar-refractivity contribution >= 4 is 28.1 Å². The summed E-state index contributed by atoms with van der Waals surface area (Å²) in [6, 6.07) is 7.77. The van der Waals surface area contributed by atoms with Crippen LogP contribution < -0.4 is 10.7 Å². The second kappa shape index (κ2) is 6.29. The number of fused-ring (bicyclic) bond motifs is 1. The van der Waals surface area contributed by atoms with Crippen molar-refractivity contribution in [1.82, 2.24) is 15.1 Å². The number of hydrogen-bond acceptors (Lipinski definition) is 4. The highest BCUT2D eigenvalue weighted by Crippen LogP contribution is 2.11. The van der Waals surface area contributed by atoms with Crippen molar-refractivity contribution in [2.45, 2.75) is 6.42 Å². The Morgan fingerprint density at radius 3 is 2.96 bits per heavy atom. The van der Waals surface area contributed by atoms with Gasteiger partial charge in [-0.1, -0.05) is 6.07 Å². The van der Waals surface area contributed by atoms with Gasteiger partial charge in [0.25, 0.3) is 5.91 Å². The Bertz CT molecular complexity index is 919. The fraction of sp³-hybridized carbons (Fsp3) is 0.188. The molecule has 0 bridgehead atoms. The fourth-order valence-electron chi connectivity index (χ4n) is 2.34. The van der Waals surface area contributed by atoms with Crippen LogP contribution in [0.5, 0.6) is 0 Å². The Morgan fingerprint density at radius 2 is 2.22 bits per heavy atom. The second-order valence-corrected chi connectivity index (χ2v) is 6.08. The molecule has 2 heterocycles. The highest BCUT2D eigenvalue weighted by atomic mass is 32.1. The standard InChI is InChI=1S/C16H14FN3O2S/c1-20-13-5-4-10(17)9-12(13)15(21)14(19-20)16(22)18-7-6-11-3-2-8-23-11/h2-5,8-9H,6-7H2,1H3,(H,18,22). The number of rotatable bonds is 4. The van der Waals surface area contributed by atoms with E-state index in [1.807, 2.05) is 17.5 Å². The maximum absolute atomic E-state index is 13.4. The third kappa shape index (κ3) is 3.14. The SMILES string of the molecule is Cn1nc(C(=O)NCCc2cccs2)c(=O)c2cc(F)ccc21. The average Bonchev–Trinajstić information content (AvgIpc) is 3.04. The predicted molar refractivity (Wildman–Crippen MR) is 87.3 cm³/mol. The minimum Gasteiger partial charge on any atom is -0.350 e. The lowest BCUT2D eigenvalue weighted by Gasteiger charge is -2.08. The van der Waals surface area contributed by atoms with E-state index in [1.54, 1.807) is 18.4 Å². The quantitative estimate of drug-likeness (QED) is 0.796. The molecule has 1 N–H and O–H groups in total. The van der Waals surface area contributed by atoms with Gasteiger partial charge in [0.15, 0.2) is 5.69 Å². The van der Waals surface area contributed by atoms with Gasteiger partial charge in [0, 0.05) is 18.5 Å². The Morgan fingerprint density at radius 1 is 1.39 bits per heavy atom. The van der Waals surface area contributed by atoms with E-state index in [4.69, 9.17) is 0 Å². The van der Waals surface area contributed by atoms with Crippen LogP contribution in [0.4, 0.5) is 4.39 Å². The first-order valence-electron chi connectivity index (χ1n) is 7.03. The molecule has 118 valence electrons. The number of nitrogens with one attached hydrogen (secondary N) is 1. The van der Waals surface area contributed by atoms with Crippen molar-refractivity contribution in [2.75, 3.05) is 6.54 Å². The number of carbonyl (C=O) groups is 1. The molecule has 23 heavy (non-hydrogen) atoms. The molecule has 7 heteroatoms. The van der Waals surface area contributed by atoms with Crippen molar-refractivity contribution in [3.05, 3.63) is 62.3 Å². The highest BCUT2D eigenvalue weighted by Gasteiger charge is 2.16. The maximum atomic E-state index is 13.4. The van der Waals surface area contributed by atoms with Crippen molar-refractivity contribution in [3.8, 4) is 0 Å². The molecule has 0 spiro atoms. The monoisotopic (exact) mass is 331 g/mol. The highest BCUT2D eigenvalue weighted by molar-refractivity contribution is 7.09. The zero-order valence-electron chi connectivity index (χ0n) is 12.4. The van der Waals surface area contributed by atoms with Crippen molar-refractivity contribution < 1.29 is 9.18 Å². The molecule has 3 aromatic rings. The number of halogens is 1. The molecule has 2 aromatic heterocycles. The summed E-state index contributed by atoms with van der Waals surface area (Å²) in [4.78, 5) is 25.7. The van der Waals surface area contributed by atoms with Gasteiger partial charge in [-0.2, -0.15) is 5.10 Å². The normalized spacial score (nSPS) is 10.9. The van der Waals surface area contributed by atoms with Crippen LogP contribution in [0, 0.1) is 5.82 Å². The van der Waals surface area contributed by atoms with Gasteiger partial charge in [-0.05, 0) is 36.1 Å². The lowest BCUT2D eigenvalue weighted by Crippen LogP contribution is -2.32. The number of aryl methyl sites for hydroxylation is 1. The van der Waals surface area contributed by atoms with Gasteiger partial charge in [0.2, 0.25) is 5.43 Å². The second-order valence-electron chi connectivity index (χ2n) is 5.05. The summed E-state index contributed by atoms with van der Waals surface area (Å²) in [6.45, 7) is 0.408. The van der Waals surface area contributed by atoms with Crippen LogP contribution in [-0.2, 0) is 13.5 Å². The van der Waals surface area contributed by atoms with Crippen LogP contribution in [0.25, 0.3) is 10.9 Å². The van der Waals surface area contributed by atoms with E-state index < -0.39 is 17.2 Å². The molecular weight excluding hydrogens is 317 g/mol. The van der Waals surface area contributed by atoms with Gasteiger partial charge >= 0.3 is 0 Å². The van der Waals surface area contributed by atoms with Crippen LogP contribution in [0.15, 0.2) is 40.5 Å². The van der Waals surface area contributed by atoms with E-state index in [0.29, 0.717) is 18.5 Å². The molecule has 0 aliphatic heterocycles. The van der Waals surface area contributed by atoms with Crippen molar-refractivity contribution in [2.24, 2.45) is 7.05 Å². The minimum absolute atomic E-state index is 0.144. The summed E-state index contributed by atoms with van der Waals surface area (Å²) < 4.78 is 14.8. The van der Waals surface area contributed by atoms with Crippen LogP contribution in [0.1, 0.15) is 15.4 Å². The van der Waals surface area contributed by atoms with Crippen LogP contribution >= 0.6 is 11.3 Å². The van der Waals surface area contributed by atoms with Crippen LogP contribution in [0.3, 0.4) is 0 Å². The van der Waals surface area contributed by atoms with E-state index in [-0.39, 0.29) is 11.1 Å². The van der Waals surface area contributed by atoms with Crippen molar-refractivity contribution in [1.29, 1.82) is 0 Å². The van der Waals surface area contributed by atoms with E-state index in [1.165, 1.54) is 16.8 Å². The van der Waals surface area contributed by atoms with Gasteiger partial charge in [-0.25, -0.2) is 4.39 Å². The first-order chi connectivity index (χ1) is 11.1. The molecule has 0 aliphatic rings.